The summed E-state index contributed by atoms with van der Waals surface area (Å²) in [5.41, 5.74) is 6.77. The number of nitrogen functional groups attached to an aromatic ring is 1. The lowest BCUT2D eigenvalue weighted by atomic mass is 10.3. The largest absolute Gasteiger partial charge is 0.397 e. The van der Waals surface area contributed by atoms with E-state index in [0.29, 0.717) is 25.7 Å². The zero-order chi connectivity index (χ0) is 12.4. The topological polar surface area (TPSA) is 55.1 Å². The maximum absolute atomic E-state index is 11.9. The van der Waals surface area contributed by atoms with Crippen molar-refractivity contribution >= 4 is 56.1 Å². The number of benzene rings is 1. The number of halogens is 2. The third kappa shape index (κ3) is 2.62. The summed E-state index contributed by atoms with van der Waals surface area (Å²) in [6.45, 7) is 0. The number of hydrogen-bond acceptors (Lipinski definition) is 3. The Labute approximate surface area is 116 Å². The average Bonchev–Trinajstić information content (AvgIpc) is 2.71. The number of amides is 1. The van der Waals surface area contributed by atoms with Crippen LogP contribution in [0, 0.1) is 0 Å². The smallest absolute Gasteiger partial charge is 0.267 e. The van der Waals surface area contributed by atoms with Crippen LogP contribution in [-0.4, -0.2) is 5.91 Å². The van der Waals surface area contributed by atoms with E-state index in [1.807, 2.05) is 0 Å². The van der Waals surface area contributed by atoms with Crippen LogP contribution in [0.1, 0.15) is 9.67 Å². The van der Waals surface area contributed by atoms with E-state index in [2.05, 4.69) is 21.2 Å². The number of thiophene rings is 1. The third-order valence-corrected chi connectivity index (χ3v) is 4.43. The lowest BCUT2D eigenvalue weighted by Crippen LogP contribution is -2.12. The van der Waals surface area contributed by atoms with E-state index in [9.17, 15) is 4.79 Å². The SMILES string of the molecule is Nc1ccsc1C(=O)Nc1cccc(Cl)c1Br. The number of carbonyl (C=O) groups is 1. The zero-order valence-corrected chi connectivity index (χ0v) is 11.7. The molecule has 1 heterocycles. The molecule has 0 saturated heterocycles. The van der Waals surface area contributed by atoms with Crippen molar-refractivity contribution in [2.45, 2.75) is 0 Å². The van der Waals surface area contributed by atoms with E-state index in [1.165, 1.54) is 11.3 Å². The lowest BCUT2D eigenvalue weighted by molar-refractivity contribution is 0.103. The molecular weight excluding hydrogens is 324 g/mol. The minimum atomic E-state index is -0.236. The predicted molar refractivity (Wildman–Crippen MR) is 75.8 cm³/mol. The predicted octanol–water partition coefficient (Wildman–Crippen LogP) is 4.00. The van der Waals surface area contributed by atoms with Gasteiger partial charge in [-0.3, -0.25) is 4.79 Å². The maximum Gasteiger partial charge on any atom is 0.267 e. The summed E-state index contributed by atoms with van der Waals surface area (Å²) in [6, 6.07) is 6.96. The first-order valence-corrected chi connectivity index (χ1v) is 6.73. The summed E-state index contributed by atoms with van der Waals surface area (Å²) >= 11 is 10.6. The Morgan fingerprint density at radius 1 is 1.41 bits per heavy atom. The molecule has 0 aliphatic rings. The molecule has 0 unspecified atom stereocenters. The Hall–Kier alpha value is -1.04. The van der Waals surface area contributed by atoms with E-state index >= 15 is 0 Å². The lowest BCUT2D eigenvalue weighted by Gasteiger charge is -2.07. The zero-order valence-electron chi connectivity index (χ0n) is 8.54. The monoisotopic (exact) mass is 330 g/mol. The van der Waals surface area contributed by atoms with E-state index < -0.39 is 0 Å². The van der Waals surface area contributed by atoms with Gasteiger partial charge in [0.15, 0.2) is 0 Å². The van der Waals surface area contributed by atoms with Crippen molar-refractivity contribution in [1.82, 2.24) is 0 Å². The van der Waals surface area contributed by atoms with Gasteiger partial charge < -0.3 is 11.1 Å². The van der Waals surface area contributed by atoms with Gasteiger partial charge in [-0.05, 0) is 39.5 Å². The van der Waals surface area contributed by atoms with Crippen LogP contribution >= 0.6 is 38.9 Å². The minimum absolute atomic E-state index is 0.236. The summed E-state index contributed by atoms with van der Waals surface area (Å²) in [5, 5.41) is 5.07. The van der Waals surface area contributed by atoms with Crippen molar-refractivity contribution in [3.8, 4) is 0 Å². The fourth-order valence-corrected chi connectivity index (χ4v) is 2.53. The highest BCUT2D eigenvalue weighted by Crippen LogP contribution is 2.31. The molecule has 6 heteroatoms. The summed E-state index contributed by atoms with van der Waals surface area (Å²) in [4.78, 5) is 12.4. The van der Waals surface area contributed by atoms with Gasteiger partial charge in [-0.2, -0.15) is 0 Å². The molecule has 0 radical (unpaired) electrons. The van der Waals surface area contributed by atoms with Crippen LogP contribution in [-0.2, 0) is 0 Å². The third-order valence-electron chi connectivity index (χ3n) is 2.10. The molecule has 3 nitrogen and oxygen atoms in total. The van der Waals surface area contributed by atoms with Crippen LogP contribution in [0.15, 0.2) is 34.1 Å². The van der Waals surface area contributed by atoms with Gasteiger partial charge in [0.05, 0.1) is 20.9 Å². The highest BCUT2D eigenvalue weighted by atomic mass is 79.9. The van der Waals surface area contributed by atoms with Gasteiger partial charge in [-0.1, -0.05) is 17.7 Å². The van der Waals surface area contributed by atoms with Gasteiger partial charge in [0, 0.05) is 0 Å². The summed E-state index contributed by atoms with van der Waals surface area (Å²) in [5.74, 6) is -0.236. The first-order chi connectivity index (χ1) is 8.09. The highest BCUT2D eigenvalue weighted by molar-refractivity contribution is 9.10. The summed E-state index contributed by atoms with van der Waals surface area (Å²) in [7, 11) is 0. The fraction of sp³-hybridized carbons (Fsp3) is 0. The Kier molecular flexibility index (Phi) is 3.71. The molecule has 1 aromatic heterocycles. The molecule has 2 rings (SSSR count). The molecule has 0 fully saturated rings. The quantitative estimate of drug-likeness (QED) is 0.874. The van der Waals surface area contributed by atoms with Gasteiger partial charge in [-0.25, -0.2) is 0 Å². The maximum atomic E-state index is 11.9. The number of nitrogens with one attached hydrogen (secondary N) is 1. The Bertz CT molecular complexity index is 570. The number of anilines is 2. The van der Waals surface area contributed by atoms with Gasteiger partial charge in [0.25, 0.3) is 5.91 Å². The second-order valence-corrected chi connectivity index (χ2v) is 5.38. The van der Waals surface area contributed by atoms with E-state index in [0.717, 1.165) is 0 Å². The Morgan fingerprint density at radius 3 is 2.82 bits per heavy atom. The number of nitrogens with two attached hydrogens (primary N) is 1. The second kappa shape index (κ2) is 5.08. The normalized spacial score (nSPS) is 10.2. The van der Waals surface area contributed by atoms with E-state index in [4.69, 9.17) is 17.3 Å². The van der Waals surface area contributed by atoms with Crippen LogP contribution in [0.2, 0.25) is 5.02 Å². The van der Waals surface area contributed by atoms with E-state index in [1.54, 1.807) is 29.6 Å². The Balaban J connectivity index is 2.25. The summed E-state index contributed by atoms with van der Waals surface area (Å²) in [6.07, 6.45) is 0. The van der Waals surface area contributed by atoms with Crippen LogP contribution in [0.5, 0.6) is 0 Å². The van der Waals surface area contributed by atoms with Crippen LogP contribution in [0.3, 0.4) is 0 Å². The molecule has 0 atom stereocenters. The average molecular weight is 332 g/mol. The molecule has 0 spiro atoms. The van der Waals surface area contributed by atoms with Gasteiger partial charge >= 0.3 is 0 Å². The summed E-state index contributed by atoms with van der Waals surface area (Å²) < 4.78 is 0.658. The van der Waals surface area contributed by atoms with Gasteiger partial charge in [0.2, 0.25) is 0 Å². The van der Waals surface area contributed by atoms with Crippen molar-refractivity contribution < 1.29 is 4.79 Å². The fourth-order valence-electron chi connectivity index (χ4n) is 1.28. The van der Waals surface area contributed by atoms with Crippen molar-refractivity contribution in [3.05, 3.63) is 44.0 Å². The molecule has 0 aliphatic heterocycles. The van der Waals surface area contributed by atoms with Crippen molar-refractivity contribution in [3.63, 3.8) is 0 Å². The molecule has 88 valence electrons. The van der Waals surface area contributed by atoms with Crippen molar-refractivity contribution in [2.75, 3.05) is 11.1 Å². The molecule has 0 saturated carbocycles. The molecular formula is C11H8BrClN2OS. The molecule has 17 heavy (non-hydrogen) atoms. The number of carbonyl (C=O) groups excluding carboxylic acids is 1. The molecule has 2 aromatic rings. The van der Waals surface area contributed by atoms with Crippen molar-refractivity contribution in [1.29, 1.82) is 0 Å². The number of rotatable bonds is 2. The van der Waals surface area contributed by atoms with Gasteiger partial charge in [0.1, 0.15) is 4.88 Å². The first kappa shape index (κ1) is 12.4. The molecule has 1 amide bonds. The van der Waals surface area contributed by atoms with E-state index in [-0.39, 0.29) is 5.91 Å². The minimum Gasteiger partial charge on any atom is -0.397 e. The number of hydrogen-bond donors (Lipinski definition) is 2. The first-order valence-electron chi connectivity index (χ1n) is 4.68. The second-order valence-electron chi connectivity index (χ2n) is 3.26. The van der Waals surface area contributed by atoms with Crippen LogP contribution < -0.4 is 11.1 Å². The van der Waals surface area contributed by atoms with Crippen LogP contribution in [0.4, 0.5) is 11.4 Å². The Morgan fingerprint density at radius 2 is 2.18 bits per heavy atom. The van der Waals surface area contributed by atoms with Crippen molar-refractivity contribution in [2.24, 2.45) is 0 Å². The van der Waals surface area contributed by atoms with Gasteiger partial charge in [-0.15, -0.1) is 11.3 Å². The van der Waals surface area contributed by atoms with Crippen LogP contribution in [0.25, 0.3) is 0 Å². The standard InChI is InChI=1S/C11H8BrClN2OS/c12-9-6(13)2-1-3-8(9)15-11(16)10-7(14)4-5-17-10/h1-5H,14H2,(H,15,16). The highest BCUT2D eigenvalue weighted by Gasteiger charge is 2.13. The molecule has 1 aromatic carbocycles. The molecule has 3 N–H and O–H groups in total. The molecule has 0 bridgehead atoms. The molecule has 0 aliphatic carbocycles.